The number of unbranched alkanes of at least 4 members (excludes halogenated alkanes) is 1. The molecule has 17 heavy (non-hydrogen) atoms. The molecule has 0 aliphatic rings. The highest BCUT2D eigenvalue weighted by Crippen LogP contribution is 2.16. The lowest BCUT2D eigenvalue weighted by Crippen LogP contribution is -2.18. The second-order valence-electron chi connectivity index (χ2n) is 4.17. The van der Waals surface area contributed by atoms with Crippen LogP contribution in [-0.2, 0) is 11.3 Å². The molecule has 2 aromatic heterocycles. The summed E-state index contributed by atoms with van der Waals surface area (Å²) in [4.78, 5) is 22.8. The van der Waals surface area contributed by atoms with Gasteiger partial charge >= 0.3 is 0 Å². The van der Waals surface area contributed by atoms with Crippen molar-refractivity contribution in [3.8, 4) is 0 Å². The van der Waals surface area contributed by atoms with E-state index in [1.54, 1.807) is 22.8 Å². The minimum absolute atomic E-state index is 0.0755. The molecule has 0 radical (unpaired) electrons. The molecule has 0 saturated carbocycles. The Kier molecular flexibility index (Phi) is 3.74. The van der Waals surface area contributed by atoms with E-state index in [0.29, 0.717) is 13.0 Å². The minimum Gasteiger partial charge on any atom is -0.315 e. The predicted molar refractivity (Wildman–Crippen MR) is 70.6 cm³/mol. The first-order chi connectivity index (χ1) is 8.18. The van der Waals surface area contributed by atoms with Crippen LogP contribution in [0.3, 0.4) is 0 Å². The van der Waals surface area contributed by atoms with Gasteiger partial charge in [-0.3, -0.25) is 4.79 Å². The van der Waals surface area contributed by atoms with Crippen LogP contribution in [-0.4, -0.2) is 10.4 Å². The molecule has 0 aromatic carbocycles. The molecule has 2 heterocycles. The van der Waals surface area contributed by atoms with Gasteiger partial charge < -0.3 is 9.36 Å². The Labute approximate surface area is 104 Å². The van der Waals surface area contributed by atoms with Crippen LogP contribution >= 0.6 is 11.3 Å². The van der Waals surface area contributed by atoms with Crippen LogP contribution in [0.25, 0.3) is 10.1 Å². The van der Waals surface area contributed by atoms with Gasteiger partial charge in [-0.25, -0.2) is 0 Å². The van der Waals surface area contributed by atoms with E-state index in [-0.39, 0.29) is 11.3 Å². The lowest BCUT2D eigenvalue weighted by Gasteiger charge is -2.04. The van der Waals surface area contributed by atoms with Gasteiger partial charge in [0, 0.05) is 23.9 Å². The van der Waals surface area contributed by atoms with Gasteiger partial charge in [0.05, 0.1) is 5.39 Å². The normalized spacial score (nSPS) is 10.9. The van der Waals surface area contributed by atoms with E-state index in [0.717, 1.165) is 22.9 Å². The van der Waals surface area contributed by atoms with Gasteiger partial charge in [0.15, 0.2) is 0 Å². The van der Waals surface area contributed by atoms with E-state index in [4.69, 9.17) is 0 Å². The Balaban J connectivity index is 2.06. The minimum atomic E-state index is 0.0755. The van der Waals surface area contributed by atoms with Gasteiger partial charge in [0.2, 0.25) is 0 Å². The summed E-state index contributed by atoms with van der Waals surface area (Å²) in [6, 6.07) is 3.85. The smallest absolute Gasteiger partial charge is 0.259 e. The molecule has 2 aromatic rings. The molecule has 0 saturated heterocycles. The Morgan fingerprint density at radius 2 is 2.18 bits per heavy atom. The van der Waals surface area contributed by atoms with Gasteiger partial charge in [0.25, 0.3) is 5.56 Å². The van der Waals surface area contributed by atoms with E-state index in [9.17, 15) is 9.59 Å². The maximum atomic E-state index is 12.0. The number of carbonyl (C=O) groups excluding carboxylic acids is 1. The summed E-state index contributed by atoms with van der Waals surface area (Å²) in [7, 11) is 0. The third kappa shape index (κ3) is 2.82. The molecule has 2 rings (SSSR count). The zero-order valence-electron chi connectivity index (χ0n) is 9.81. The second-order valence-corrected chi connectivity index (χ2v) is 5.12. The monoisotopic (exact) mass is 249 g/mol. The maximum Gasteiger partial charge on any atom is 0.259 e. The van der Waals surface area contributed by atoms with Crippen LogP contribution in [0.4, 0.5) is 0 Å². The van der Waals surface area contributed by atoms with E-state index >= 15 is 0 Å². The van der Waals surface area contributed by atoms with Gasteiger partial charge in [-0.1, -0.05) is 0 Å². The van der Waals surface area contributed by atoms with Crippen LogP contribution in [0.15, 0.2) is 28.5 Å². The molecule has 4 heteroatoms. The number of nitrogens with zero attached hydrogens (tertiary/aromatic N) is 1. The van der Waals surface area contributed by atoms with Crippen LogP contribution < -0.4 is 5.56 Å². The number of aryl methyl sites for hydroxylation is 1. The SMILES string of the molecule is CC(=O)CCCCn1ccc2sccc2c1=O. The van der Waals surface area contributed by atoms with E-state index < -0.39 is 0 Å². The van der Waals surface area contributed by atoms with E-state index in [1.807, 2.05) is 23.7 Å². The molecular formula is C13H15NO2S. The van der Waals surface area contributed by atoms with Crippen molar-refractivity contribution in [2.24, 2.45) is 0 Å². The number of hydrogen-bond donors (Lipinski definition) is 0. The predicted octanol–water partition coefficient (Wildman–Crippen LogP) is 2.82. The van der Waals surface area contributed by atoms with Crippen LogP contribution in [0, 0.1) is 0 Å². The van der Waals surface area contributed by atoms with Gasteiger partial charge in [-0.05, 0) is 37.3 Å². The fourth-order valence-electron chi connectivity index (χ4n) is 1.84. The average Bonchev–Trinajstić information content (AvgIpc) is 2.75. The highest BCUT2D eigenvalue weighted by Gasteiger charge is 2.03. The average molecular weight is 249 g/mol. The van der Waals surface area contributed by atoms with Crippen molar-refractivity contribution in [2.45, 2.75) is 32.7 Å². The number of rotatable bonds is 5. The summed E-state index contributed by atoms with van der Waals surface area (Å²) in [5.74, 6) is 0.214. The van der Waals surface area contributed by atoms with Crippen LogP contribution in [0.2, 0.25) is 0 Å². The van der Waals surface area contributed by atoms with Gasteiger partial charge in [-0.2, -0.15) is 0 Å². The van der Waals surface area contributed by atoms with Crippen molar-refractivity contribution in [3.63, 3.8) is 0 Å². The lowest BCUT2D eigenvalue weighted by atomic mass is 10.2. The highest BCUT2D eigenvalue weighted by atomic mass is 32.1. The summed E-state index contributed by atoms with van der Waals surface area (Å²) in [6.45, 7) is 2.29. The summed E-state index contributed by atoms with van der Waals surface area (Å²) in [5, 5.41) is 2.73. The molecule has 0 N–H and O–H groups in total. The number of thiophene rings is 1. The standard InChI is InChI=1S/C13H15NO2S/c1-10(15)4-2-3-7-14-8-5-12-11(13(14)16)6-9-17-12/h5-6,8-9H,2-4,7H2,1H3. The topological polar surface area (TPSA) is 39.1 Å². The molecule has 3 nitrogen and oxygen atoms in total. The summed E-state index contributed by atoms with van der Waals surface area (Å²) in [5.41, 5.74) is 0.0755. The number of ketones is 1. The molecule has 0 unspecified atom stereocenters. The summed E-state index contributed by atoms with van der Waals surface area (Å²) < 4.78 is 2.77. The third-order valence-corrected chi connectivity index (χ3v) is 3.65. The van der Waals surface area contributed by atoms with Crippen molar-refractivity contribution >= 4 is 27.2 Å². The van der Waals surface area contributed by atoms with E-state index in [2.05, 4.69) is 0 Å². The molecule has 90 valence electrons. The fraction of sp³-hybridized carbons (Fsp3) is 0.385. The Hall–Kier alpha value is -1.42. The Morgan fingerprint density at radius 3 is 2.94 bits per heavy atom. The number of Topliss-reactive ketones (excluding diaryl/α,β-unsaturated/α-hetero) is 1. The summed E-state index contributed by atoms with van der Waals surface area (Å²) in [6.07, 6.45) is 4.17. The fourth-order valence-corrected chi connectivity index (χ4v) is 2.61. The molecule has 0 aliphatic carbocycles. The maximum absolute atomic E-state index is 12.0. The molecule has 0 atom stereocenters. The number of carbonyl (C=O) groups is 1. The first kappa shape index (κ1) is 12.0. The molecule has 0 spiro atoms. The second kappa shape index (κ2) is 5.27. The Morgan fingerprint density at radius 1 is 1.35 bits per heavy atom. The van der Waals surface area contributed by atoms with Crippen molar-refractivity contribution in [3.05, 3.63) is 34.1 Å². The van der Waals surface area contributed by atoms with Crippen LogP contribution in [0.5, 0.6) is 0 Å². The molecule has 0 amide bonds. The molecular weight excluding hydrogens is 234 g/mol. The Bertz CT molecular complexity index is 582. The molecule has 0 bridgehead atoms. The van der Waals surface area contributed by atoms with Crippen LogP contribution in [0.1, 0.15) is 26.2 Å². The number of hydrogen-bond acceptors (Lipinski definition) is 3. The lowest BCUT2D eigenvalue weighted by molar-refractivity contribution is -0.117. The molecule has 0 aliphatic heterocycles. The van der Waals surface area contributed by atoms with Crippen molar-refractivity contribution in [2.75, 3.05) is 0 Å². The van der Waals surface area contributed by atoms with Gasteiger partial charge in [0.1, 0.15) is 5.78 Å². The number of aromatic nitrogens is 1. The van der Waals surface area contributed by atoms with Crippen molar-refractivity contribution in [1.29, 1.82) is 0 Å². The number of pyridine rings is 1. The largest absolute Gasteiger partial charge is 0.315 e. The van der Waals surface area contributed by atoms with Crippen molar-refractivity contribution < 1.29 is 4.79 Å². The highest BCUT2D eigenvalue weighted by molar-refractivity contribution is 7.17. The summed E-state index contributed by atoms with van der Waals surface area (Å²) >= 11 is 1.58. The molecule has 0 fully saturated rings. The van der Waals surface area contributed by atoms with Gasteiger partial charge in [-0.15, -0.1) is 11.3 Å². The zero-order valence-corrected chi connectivity index (χ0v) is 10.6. The quantitative estimate of drug-likeness (QED) is 0.764. The first-order valence-corrected chi connectivity index (χ1v) is 6.62. The van der Waals surface area contributed by atoms with Crippen molar-refractivity contribution in [1.82, 2.24) is 4.57 Å². The van der Waals surface area contributed by atoms with E-state index in [1.165, 1.54) is 0 Å². The first-order valence-electron chi connectivity index (χ1n) is 5.74. The third-order valence-electron chi connectivity index (χ3n) is 2.77. The number of fused-ring (bicyclic) bond motifs is 1. The zero-order chi connectivity index (χ0) is 12.3.